The second kappa shape index (κ2) is 31.2. The maximum absolute atomic E-state index is 6.29. The predicted octanol–water partition coefficient (Wildman–Crippen LogP) is 27.6. The van der Waals surface area contributed by atoms with E-state index in [0.717, 1.165) is 122 Å². The Balaban J connectivity index is 0.000000139. The average Bonchev–Trinajstić information content (AvgIpc) is 1.21. The van der Waals surface area contributed by atoms with E-state index in [4.69, 9.17) is 68.6 Å². The minimum absolute atomic E-state index is 0.0163. The number of nitrogens with zero attached hydrogens (tertiary/aromatic N) is 12. The smallest absolute Gasteiger partial charge is 0.164 e. The van der Waals surface area contributed by atoms with Crippen LogP contribution in [0.2, 0.25) is 0 Å². The standard InChI is InChI=1S/C62H38N6O.C56H34N6O/c1-4-15-38(16-5-1)57-63-58(39-17-6-2-7-18-39)66-61(65-57)42-31-33-47-50(35-42)54-45-21-10-11-22-46(45)55(47)51-36-43(32-34-48(51)54)62-67-59(40-19-8-3-9-20-40)64-60(68-62)41-29-27-37(28-30-41)44-24-14-26-53-56(44)49-23-12-13-25-52(49)69-53;1-4-15-33(16-5-1)51-57-52(34-17-6-2-7-18-34)59-54(58-51)36-27-29-40-44(31-36)48-38-21-10-11-22-39(38)49(40)45-32-37(28-30-41(45)48)55-60-53(35-19-8-3-9-20-35)61-56(62-55)43-24-14-26-47-50(43)42-23-12-13-25-46(42)63-47/h1-36,54-55H;1-32,48-49H. The lowest BCUT2D eigenvalue weighted by Gasteiger charge is -2.42. The fourth-order valence-electron chi connectivity index (χ4n) is 20.3. The third-order valence-electron chi connectivity index (χ3n) is 26.3. The summed E-state index contributed by atoms with van der Waals surface area (Å²) in [5.41, 5.74) is 32.3. The number of hydrogen-bond donors (Lipinski definition) is 0. The molecule has 6 aliphatic carbocycles. The molecule has 0 fully saturated rings. The number of furan rings is 2. The van der Waals surface area contributed by atoms with Crippen molar-refractivity contribution in [2.45, 2.75) is 23.7 Å². The SMILES string of the molecule is c1ccc(-c2nc(-c3ccccc3)nc(-c3ccc4c(c3)C3c5ccccc5C4c4cc(-c5nc(-c6ccccc6)nc(-c6ccc(-c7cccc8oc9ccccc9c78)cc6)n5)ccc43)n2)cc1.c1ccc(-c2nc(-c3ccccc3)nc(-c3ccc4c(c3)C3c5ccccc5C4c4cc(-c5nc(-c6ccccc6)nc(-c6cccc7oc8ccccc8c67)n5)ccc43)n2)cc1. The Labute approximate surface area is 758 Å². The summed E-state index contributed by atoms with van der Waals surface area (Å²) in [6.07, 6.45) is 0. The summed E-state index contributed by atoms with van der Waals surface area (Å²) in [6, 6.07) is 143. The van der Waals surface area contributed by atoms with Crippen LogP contribution >= 0.6 is 0 Å². The Hall–Kier alpha value is -17.6. The van der Waals surface area contributed by atoms with E-state index in [-0.39, 0.29) is 23.7 Å². The predicted molar refractivity (Wildman–Crippen MR) is 521 cm³/mol. The Kier molecular flexibility index (Phi) is 17.9. The fraction of sp³-hybridized carbons (Fsp3) is 0.0339. The lowest BCUT2D eigenvalue weighted by molar-refractivity contribution is 0.668. The van der Waals surface area contributed by atoms with Gasteiger partial charge >= 0.3 is 0 Å². The Morgan fingerprint density at radius 2 is 0.341 bits per heavy atom. The monoisotopic (exact) mass is 1690 g/mol. The third-order valence-corrected chi connectivity index (χ3v) is 26.3. The van der Waals surface area contributed by atoms with Gasteiger partial charge in [-0.25, -0.2) is 59.8 Å². The molecule has 0 N–H and O–H groups in total. The molecule has 616 valence electrons. The van der Waals surface area contributed by atoms with Crippen LogP contribution in [0.25, 0.3) is 192 Å². The third kappa shape index (κ3) is 12.9. The van der Waals surface area contributed by atoms with Crippen molar-refractivity contribution in [1.82, 2.24) is 59.8 Å². The molecule has 23 aromatic rings. The summed E-state index contributed by atoms with van der Waals surface area (Å²) in [6.45, 7) is 0. The van der Waals surface area contributed by atoms with Crippen LogP contribution in [0.4, 0.5) is 0 Å². The van der Waals surface area contributed by atoms with E-state index in [1.165, 1.54) is 66.8 Å². The normalized spacial score (nSPS) is 14.5. The first kappa shape index (κ1) is 75.7. The molecule has 17 aromatic carbocycles. The fourth-order valence-corrected chi connectivity index (χ4v) is 20.3. The molecule has 0 radical (unpaired) electrons. The van der Waals surface area contributed by atoms with Crippen LogP contribution in [0.1, 0.15) is 90.4 Å². The first-order valence-corrected chi connectivity index (χ1v) is 44.4. The molecular formula is C118H72N12O2. The average molecular weight is 1690 g/mol. The molecule has 0 amide bonds. The van der Waals surface area contributed by atoms with Gasteiger partial charge in [0, 0.05) is 112 Å². The van der Waals surface area contributed by atoms with Gasteiger partial charge in [-0.2, -0.15) is 0 Å². The highest BCUT2D eigenvalue weighted by molar-refractivity contribution is 6.13. The van der Waals surface area contributed by atoms with Crippen molar-refractivity contribution in [3.8, 4) is 148 Å². The van der Waals surface area contributed by atoms with Crippen molar-refractivity contribution in [3.63, 3.8) is 0 Å². The topological polar surface area (TPSA) is 181 Å². The Morgan fingerprint density at radius 3 is 0.636 bits per heavy atom. The molecule has 132 heavy (non-hydrogen) atoms. The summed E-state index contributed by atoms with van der Waals surface area (Å²) in [5, 5.41) is 4.23. The minimum Gasteiger partial charge on any atom is -0.456 e. The van der Waals surface area contributed by atoms with E-state index in [1.807, 2.05) is 218 Å². The van der Waals surface area contributed by atoms with Crippen molar-refractivity contribution in [2.75, 3.05) is 0 Å². The van der Waals surface area contributed by atoms with Gasteiger partial charge in [0.15, 0.2) is 69.9 Å². The van der Waals surface area contributed by atoms with E-state index >= 15 is 0 Å². The zero-order chi connectivity index (χ0) is 86.9. The number of benzene rings is 17. The Bertz CT molecular complexity index is 8430. The van der Waals surface area contributed by atoms with Crippen molar-refractivity contribution in [2.24, 2.45) is 0 Å². The highest BCUT2D eigenvalue weighted by atomic mass is 16.3. The van der Waals surface area contributed by atoms with E-state index in [2.05, 4.69) is 194 Å². The molecule has 0 spiro atoms. The molecule has 14 nitrogen and oxygen atoms in total. The molecule has 29 rings (SSSR count). The van der Waals surface area contributed by atoms with Crippen LogP contribution in [0, 0.1) is 0 Å². The molecule has 4 bridgehead atoms. The molecule has 14 heteroatoms. The second-order valence-corrected chi connectivity index (χ2v) is 33.9. The van der Waals surface area contributed by atoms with Crippen LogP contribution in [-0.4, -0.2) is 59.8 Å². The number of rotatable bonds is 13. The van der Waals surface area contributed by atoms with Crippen LogP contribution in [0.5, 0.6) is 0 Å². The van der Waals surface area contributed by atoms with Crippen molar-refractivity contribution in [3.05, 3.63) is 479 Å². The lowest BCUT2D eigenvalue weighted by atomic mass is 9.61. The summed E-state index contributed by atoms with van der Waals surface area (Å²) < 4.78 is 12.5. The molecule has 0 saturated carbocycles. The van der Waals surface area contributed by atoms with Crippen molar-refractivity contribution < 1.29 is 8.83 Å². The minimum atomic E-state index is 0.0163. The zero-order valence-corrected chi connectivity index (χ0v) is 70.8. The number of aromatic nitrogens is 12. The summed E-state index contributed by atoms with van der Waals surface area (Å²) in [7, 11) is 0. The van der Waals surface area contributed by atoms with Gasteiger partial charge in [0.25, 0.3) is 0 Å². The van der Waals surface area contributed by atoms with Gasteiger partial charge in [-0.1, -0.05) is 364 Å². The van der Waals surface area contributed by atoms with Crippen LogP contribution in [0.3, 0.4) is 0 Å². The van der Waals surface area contributed by atoms with Crippen molar-refractivity contribution in [1.29, 1.82) is 0 Å². The van der Waals surface area contributed by atoms with Gasteiger partial charge in [0.05, 0.1) is 0 Å². The lowest BCUT2D eigenvalue weighted by Crippen LogP contribution is -2.27. The summed E-state index contributed by atoms with van der Waals surface area (Å²) in [5.74, 6) is 7.67. The van der Waals surface area contributed by atoms with E-state index in [0.29, 0.717) is 69.9 Å². The van der Waals surface area contributed by atoms with Gasteiger partial charge in [0.1, 0.15) is 22.3 Å². The number of fused-ring (bicyclic) bond motifs is 6. The molecular weight excluding hydrogens is 1620 g/mol. The molecule has 4 atom stereocenters. The largest absolute Gasteiger partial charge is 0.456 e. The van der Waals surface area contributed by atoms with Gasteiger partial charge in [-0.05, 0) is 126 Å². The Morgan fingerprint density at radius 1 is 0.136 bits per heavy atom. The zero-order valence-electron chi connectivity index (χ0n) is 70.8. The molecule has 6 heterocycles. The maximum Gasteiger partial charge on any atom is 0.164 e. The van der Waals surface area contributed by atoms with Crippen LogP contribution in [0.15, 0.2) is 421 Å². The molecule has 6 aliphatic rings. The highest BCUT2D eigenvalue weighted by Gasteiger charge is 2.44. The van der Waals surface area contributed by atoms with Gasteiger partial charge in [0.2, 0.25) is 0 Å². The van der Waals surface area contributed by atoms with Crippen LogP contribution in [-0.2, 0) is 0 Å². The van der Waals surface area contributed by atoms with E-state index in [1.54, 1.807) is 0 Å². The maximum atomic E-state index is 6.29. The van der Waals surface area contributed by atoms with E-state index in [9.17, 15) is 0 Å². The summed E-state index contributed by atoms with van der Waals surface area (Å²) >= 11 is 0. The number of para-hydroxylation sites is 2. The first-order valence-electron chi connectivity index (χ1n) is 44.4. The second-order valence-electron chi connectivity index (χ2n) is 33.9. The highest BCUT2D eigenvalue weighted by Crippen LogP contribution is 2.59. The quantitative estimate of drug-likeness (QED) is 0.106. The molecule has 0 aliphatic heterocycles. The van der Waals surface area contributed by atoms with Gasteiger partial charge < -0.3 is 8.83 Å². The molecule has 0 saturated heterocycles. The summed E-state index contributed by atoms with van der Waals surface area (Å²) in [4.78, 5) is 61.3. The van der Waals surface area contributed by atoms with Crippen LogP contribution < -0.4 is 0 Å². The van der Waals surface area contributed by atoms with E-state index < -0.39 is 0 Å². The van der Waals surface area contributed by atoms with Gasteiger partial charge in [-0.3, -0.25) is 0 Å². The van der Waals surface area contributed by atoms with Crippen molar-refractivity contribution >= 4 is 43.9 Å². The first-order chi connectivity index (χ1) is 65.4. The number of hydrogen-bond acceptors (Lipinski definition) is 14. The molecule has 6 aromatic heterocycles. The van der Waals surface area contributed by atoms with Gasteiger partial charge in [-0.15, -0.1) is 0 Å². The molecule has 4 unspecified atom stereocenters.